The maximum absolute atomic E-state index is 12.4. The summed E-state index contributed by atoms with van der Waals surface area (Å²) in [4.78, 5) is 16.9. The lowest BCUT2D eigenvalue weighted by Gasteiger charge is -2.38. The second-order valence-corrected chi connectivity index (χ2v) is 5.82. The highest BCUT2D eigenvalue weighted by Crippen LogP contribution is 2.24. The van der Waals surface area contributed by atoms with Crippen molar-refractivity contribution in [2.45, 2.75) is 25.0 Å². The van der Waals surface area contributed by atoms with E-state index in [9.17, 15) is 9.90 Å². The monoisotopic (exact) mass is 309 g/mol. The van der Waals surface area contributed by atoms with Gasteiger partial charge in [-0.05, 0) is 18.9 Å². The van der Waals surface area contributed by atoms with Crippen molar-refractivity contribution >= 4 is 17.5 Å². The molecule has 1 aliphatic rings. The van der Waals surface area contributed by atoms with Crippen molar-refractivity contribution in [1.82, 2.24) is 24.9 Å². The predicted molar refractivity (Wildman–Crippen MR) is 75.9 cm³/mol. The number of rotatable bonds is 3. The Hall–Kier alpha value is -1.86. The second-order valence-electron chi connectivity index (χ2n) is 5.39. The number of hydrogen-bond acceptors (Lipinski definition) is 4. The first-order valence-corrected chi connectivity index (χ1v) is 7.13. The van der Waals surface area contributed by atoms with Crippen LogP contribution < -0.4 is 0 Å². The normalized spacial score (nSPS) is 22.5. The number of nitrogens with one attached hydrogen (secondary N) is 1. The Kier molecular flexibility index (Phi) is 3.69. The van der Waals surface area contributed by atoms with Gasteiger partial charge in [-0.15, -0.1) is 5.10 Å². The molecule has 2 N–H and O–H groups in total. The minimum atomic E-state index is -0.988. The summed E-state index contributed by atoms with van der Waals surface area (Å²) in [6, 6.07) is 1.59. The second kappa shape index (κ2) is 5.50. The largest absolute Gasteiger partial charge is 0.386 e. The maximum Gasteiger partial charge on any atom is 0.270 e. The van der Waals surface area contributed by atoms with Crippen LogP contribution in [-0.2, 0) is 6.54 Å². The number of halogens is 1. The highest BCUT2D eigenvalue weighted by Gasteiger charge is 2.36. The molecule has 1 saturated heterocycles. The molecule has 0 spiro atoms. The number of hydrogen-bond donors (Lipinski definition) is 2. The van der Waals surface area contributed by atoms with Gasteiger partial charge in [-0.1, -0.05) is 16.8 Å². The average Bonchev–Trinajstić information content (AvgIpc) is 3.09. The smallest absolute Gasteiger partial charge is 0.270 e. The number of carbonyl (C=O) groups excluding carboxylic acids is 1. The molecule has 2 aromatic rings. The number of nitrogens with zero attached hydrogens (tertiary/aromatic N) is 4. The van der Waals surface area contributed by atoms with Crippen LogP contribution in [0.4, 0.5) is 0 Å². The van der Waals surface area contributed by atoms with Crippen LogP contribution in [0.1, 0.15) is 23.3 Å². The lowest BCUT2D eigenvalue weighted by Crippen LogP contribution is -2.52. The van der Waals surface area contributed by atoms with E-state index in [0.717, 1.165) is 6.42 Å². The van der Waals surface area contributed by atoms with Crippen molar-refractivity contribution in [1.29, 1.82) is 0 Å². The van der Waals surface area contributed by atoms with Crippen LogP contribution in [0.2, 0.25) is 5.02 Å². The summed E-state index contributed by atoms with van der Waals surface area (Å²) < 4.78 is 1.58. The summed E-state index contributed by atoms with van der Waals surface area (Å²) in [6.07, 6.45) is 6.20. The number of aliphatic hydroxyl groups is 1. The molecule has 0 radical (unpaired) electrons. The van der Waals surface area contributed by atoms with E-state index >= 15 is 0 Å². The van der Waals surface area contributed by atoms with E-state index in [-0.39, 0.29) is 12.5 Å². The molecule has 3 heterocycles. The van der Waals surface area contributed by atoms with Gasteiger partial charge in [0, 0.05) is 18.9 Å². The van der Waals surface area contributed by atoms with E-state index in [1.165, 1.54) is 0 Å². The van der Waals surface area contributed by atoms with Gasteiger partial charge in [0.1, 0.15) is 11.3 Å². The Morgan fingerprint density at radius 3 is 3.10 bits per heavy atom. The molecule has 21 heavy (non-hydrogen) atoms. The summed E-state index contributed by atoms with van der Waals surface area (Å²) in [7, 11) is 0. The third-order valence-electron chi connectivity index (χ3n) is 3.65. The van der Waals surface area contributed by atoms with E-state index in [1.807, 2.05) is 0 Å². The van der Waals surface area contributed by atoms with E-state index in [1.54, 1.807) is 34.2 Å². The molecule has 1 unspecified atom stereocenters. The van der Waals surface area contributed by atoms with Gasteiger partial charge < -0.3 is 15.0 Å². The molecular weight excluding hydrogens is 294 g/mol. The minimum absolute atomic E-state index is 0.154. The van der Waals surface area contributed by atoms with Crippen molar-refractivity contribution in [3.63, 3.8) is 0 Å². The standard InChI is InChI=1S/C13H16ClN5O2/c14-10-6-11(15-7-10)12(20)18-4-1-2-13(21,8-18)9-19-5-3-16-17-19/h3,5-7,15,21H,1-2,4,8-9H2. The molecular formula is C13H16ClN5O2. The van der Waals surface area contributed by atoms with Crippen LogP contribution in [0, 0.1) is 0 Å². The Morgan fingerprint density at radius 2 is 2.43 bits per heavy atom. The van der Waals surface area contributed by atoms with Crippen LogP contribution in [0.25, 0.3) is 0 Å². The first-order chi connectivity index (χ1) is 10.1. The van der Waals surface area contributed by atoms with Crippen LogP contribution in [0.15, 0.2) is 24.7 Å². The molecule has 1 amide bonds. The molecule has 7 nitrogen and oxygen atoms in total. The predicted octanol–water partition coefficient (Wildman–Crippen LogP) is 0.927. The Morgan fingerprint density at radius 1 is 1.57 bits per heavy atom. The zero-order valence-corrected chi connectivity index (χ0v) is 12.1. The number of β-amino-alcohol motifs (C(OH)–C–C–N with tert-alkyl or cyclic N) is 1. The summed E-state index contributed by atoms with van der Waals surface area (Å²) >= 11 is 5.82. The third kappa shape index (κ3) is 3.08. The van der Waals surface area contributed by atoms with Gasteiger partial charge in [0.2, 0.25) is 0 Å². The number of aromatic nitrogens is 4. The van der Waals surface area contributed by atoms with Crippen molar-refractivity contribution in [3.8, 4) is 0 Å². The molecule has 1 aliphatic heterocycles. The molecule has 0 aliphatic carbocycles. The zero-order chi connectivity index (χ0) is 14.9. The summed E-state index contributed by atoms with van der Waals surface area (Å²) in [5.41, 5.74) is -0.553. The number of aromatic amines is 1. The lowest BCUT2D eigenvalue weighted by atomic mass is 9.92. The quantitative estimate of drug-likeness (QED) is 0.883. The summed E-state index contributed by atoms with van der Waals surface area (Å²) in [5.74, 6) is -0.154. The van der Waals surface area contributed by atoms with Gasteiger partial charge in [-0.3, -0.25) is 4.79 Å². The van der Waals surface area contributed by atoms with Gasteiger partial charge in [0.25, 0.3) is 5.91 Å². The molecule has 0 aromatic carbocycles. The van der Waals surface area contributed by atoms with Gasteiger partial charge in [-0.2, -0.15) is 0 Å². The Labute approximate surface area is 126 Å². The molecule has 2 aromatic heterocycles. The average molecular weight is 310 g/mol. The topological polar surface area (TPSA) is 87.0 Å². The van der Waals surface area contributed by atoms with Crippen molar-refractivity contribution in [3.05, 3.63) is 35.4 Å². The fraction of sp³-hybridized carbons (Fsp3) is 0.462. The molecule has 1 atom stereocenters. The highest BCUT2D eigenvalue weighted by atomic mass is 35.5. The van der Waals surface area contributed by atoms with Crippen molar-refractivity contribution in [2.75, 3.05) is 13.1 Å². The number of piperidine rings is 1. The molecule has 1 fully saturated rings. The number of likely N-dealkylation sites (tertiary alicyclic amines) is 1. The van der Waals surface area contributed by atoms with Gasteiger partial charge in [0.15, 0.2) is 0 Å². The van der Waals surface area contributed by atoms with Crippen LogP contribution in [-0.4, -0.2) is 54.6 Å². The maximum atomic E-state index is 12.4. The van der Waals surface area contributed by atoms with E-state index in [2.05, 4.69) is 15.3 Å². The summed E-state index contributed by atoms with van der Waals surface area (Å²) in [5, 5.41) is 18.8. The lowest BCUT2D eigenvalue weighted by molar-refractivity contribution is -0.0388. The minimum Gasteiger partial charge on any atom is -0.386 e. The van der Waals surface area contributed by atoms with Crippen LogP contribution in [0.5, 0.6) is 0 Å². The van der Waals surface area contributed by atoms with E-state index in [0.29, 0.717) is 30.2 Å². The fourth-order valence-electron chi connectivity index (χ4n) is 2.70. The molecule has 8 heteroatoms. The van der Waals surface area contributed by atoms with E-state index < -0.39 is 5.60 Å². The number of amides is 1. The first kappa shape index (κ1) is 14.1. The molecule has 3 rings (SSSR count). The fourth-order valence-corrected chi connectivity index (χ4v) is 2.86. The van der Waals surface area contributed by atoms with Crippen LogP contribution >= 0.6 is 11.6 Å². The third-order valence-corrected chi connectivity index (χ3v) is 3.87. The number of carbonyl (C=O) groups is 1. The van der Waals surface area contributed by atoms with Gasteiger partial charge >= 0.3 is 0 Å². The van der Waals surface area contributed by atoms with Crippen LogP contribution in [0.3, 0.4) is 0 Å². The Balaban J connectivity index is 1.71. The SMILES string of the molecule is O=C(c1cc(Cl)c[nH]1)N1CCCC(O)(Cn2ccnn2)C1. The molecule has 0 bridgehead atoms. The summed E-state index contributed by atoms with van der Waals surface area (Å²) in [6.45, 7) is 1.21. The Bertz CT molecular complexity index is 626. The number of H-pyrrole nitrogens is 1. The zero-order valence-electron chi connectivity index (χ0n) is 11.4. The first-order valence-electron chi connectivity index (χ1n) is 6.75. The van der Waals surface area contributed by atoms with Crippen molar-refractivity contribution < 1.29 is 9.90 Å². The molecule has 0 saturated carbocycles. The molecule has 112 valence electrons. The van der Waals surface area contributed by atoms with Gasteiger partial charge in [-0.25, -0.2) is 4.68 Å². The van der Waals surface area contributed by atoms with E-state index in [4.69, 9.17) is 11.6 Å². The van der Waals surface area contributed by atoms with Crippen molar-refractivity contribution in [2.24, 2.45) is 0 Å². The highest BCUT2D eigenvalue weighted by molar-refractivity contribution is 6.30. The van der Waals surface area contributed by atoms with Gasteiger partial charge in [0.05, 0.1) is 24.3 Å².